The van der Waals surface area contributed by atoms with Gasteiger partial charge in [0.15, 0.2) is 17.2 Å². The second-order valence-corrected chi connectivity index (χ2v) is 13.6. The van der Waals surface area contributed by atoms with Crippen molar-refractivity contribution in [1.29, 1.82) is 0 Å². The lowest BCUT2D eigenvalue weighted by Crippen LogP contribution is -2.35. The number of aryl methyl sites for hydroxylation is 1. The van der Waals surface area contributed by atoms with Crippen LogP contribution in [0.2, 0.25) is 24.8 Å². The molecule has 0 fully saturated rings. The highest BCUT2D eigenvalue weighted by Crippen LogP contribution is 2.23. The Morgan fingerprint density at radius 3 is 2.61 bits per heavy atom. The van der Waals surface area contributed by atoms with E-state index in [-0.39, 0.29) is 0 Å². The standard InChI is InChI=1S/C19H28ClN5O2Si/c1-13-12-23-17-16(21-9-10-22-18(26)27-19(2,3)4)24-14(15(20)25(13)17)8-11-28(5,6)7/h12H,9-10H2,1-7H3,(H,21,24)(H,22,26). The zero-order chi connectivity index (χ0) is 21.1. The number of alkyl carbamates (subject to hydrolysis) is 1. The van der Waals surface area contributed by atoms with E-state index < -0.39 is 19.8 Å². The highest BCUT2D eigenvalue weighted by molar-refractivity contribution is 6.83. The number of carbonyl (C=O) groups excluding carboxylic acids is 1. The van der Waals surface area contributed by atoms with Crippen molar-refractivity contribution in [3.63, 3.8) is 0 Å². The Morgan fingerprint density at radius 1 is 1.32 bits per heavy atom. The molecular formula is C19H28ClN5O2Si. The van der Waals surface area contributed by atoms with Gasteiger partial charge in [-0.25, -0.2) is 14.8 Å². The third kappa shape index (κ3) is 6.14. The minimum absolute atomic E-state index is 0.376. The molecule has 7 nitrogen and oxygen atoms in total. The zero-order valence-corrected chi connectivity index (χ0v) is 19.3. The maximum Gasteiger partial charge on any atom is 0.407 e. The van der Waals surface area contributed by atoms with Crippen molar-refractivity contribution in [1.82, 2.24) is 19.7 Å². The minimum Gasteiger partial charge on any atom is -0.444 e. The number of ether oxygens (including phenoxy) is 1. The summed E-state index contributed by atoms with van der Waals surface area (Å²) in [4.78, 5) is 20.7. The predicted octanol–water partition coefficient (Wildman–Crippen LogP) is 3.86. The number of anilines is 1. The van der Waals surface area contributed by atoms with Gasteiger partial charge in [-0.15, -0.1) is 5.54 Å². The maximum atomic E-state index is 11.7. The molecule has 2 aromatic heterocycles. The van der Waals surface area contributed by atoms with E-state index in [0.717, 1.165) is 5.69 Å². The number of nitrogens with one attached hydrogen (secondary N) is 2. The fraction of sp³-hybridized carbons (Fsp3) is 0.526. The van der Waals surface area contributed by atoms with Gasteiger partial charge >= 0.3 is 6.09 Å². The Hall–Kier alpha value is -2.24. The summed E-state index contributed by atoms with van der Waals surface area (Å²) in [6.45, 7) is 14.7. The van der Waals surface area contributed by atoms with Crippen LogP contribution in [0.1, 0.15) is 32.2 Å². The number of fused-ring (bicyclic) bond motifs is 1. The first kappa shape index (κ1) is 22.1. The Bertz CT molecular complexity index is 932. The molecule has 0 unspecified atom stereocenters. The van der Waals surface area contributed by atoms with E-state index in [4.69, 9.17) is 16.3 Å². The first-order chi connectivity index (χ1) is 12.9. The lowest BCUT2D eigenvalue weighted by atomic mass is 10.2. The number of halogens is 1. The second kappa shape index (κ2) is 8.41. The van der Waals surface area contributed by atoms with Crippen LogP contribution >= 0.6 is 11.6 Å². The summed E-state index contributed by atoms with van der Waals surface area (Å²) in [7, 11) is -1.58. The van der Waals surface area contributed by atoms with Crippen molar-refractivity contribution >= 4 is 37.2 Å². The Labute approximate surface area is 172 Å². The first-order valence-corrected chi connectivity index (χ1v) is 13.0. The van der Waals surface area contributed by atoms with Crippen LogP contribution in [-0.4, -0.2) is 47.2 Å². The summed E-state index contributed by atoms with van der Waals surface area (Å²) >= 11 is 6.53. The molecule has 0 spiro atoms. The molecule has 0 saturated heterocycles. The van der Waals surface area contributed by atoms with E-state index in [1.807, 2.05) is 32.1 Å². The maximum absolute atomic E-state index is 11.7. The molecule has 0 aliphatic rings. The van der Waals surface area contributed by atoms with Gasteiger partial charge in [-0.3, -0.25) is 4.40 Å². The first-order valence-electron chi connectivity index (χ1n) is 9.15. The third-order valence-electron chi connectivity index (χ3n) is 3.41. The topological polar surface area (TPSA) is 80.5 Å². The lowest BCUT2D eigenvalue weighted by molar-refractivity contribution is 0.0530. The van der Waals surface area contributed by atoms with Crippen LogP contribution in [0.3, 0.4) is 0 Å². The molecule has 0 radical (unpaired) electrons. The van der Waals surface area contributed by atoms with Gasteiger partial charge in [0, 0.05) is 25.0 Å². The molecule has 9 heteroatoms. The molecule has 2 heterocycles. The van der Waals surface area contributed by atoms with Crippen molar-refractivity contribution in [2.24, 2.45) is 0 Å². The van der Waals surface area contributed by atoms with Crippen molar-refractivity contribution < 1.29 is 9.53 Å². The fourth-order valence-corrected chi connectivity index (χ4v) is 3.07. The van der Waals surface area contributed by atoms with Crippen molar-refractivity contribution in [3.8, 4) is 11.5 Å². The summed E-state index contributed by atoms with van der Waals surface area (Å²) in [6, 6.07) is 0. The van der Waals surface area contributed by atoms with Crippen molar-refractivity contribution in [2.45, 2.75) is 52.9 Å². The van der Waals surface area contributed by atoms with Crippen LogP contribution in [-0.2, 0) is 4.74 Å². The smallest absolute Gasteiger partial charge is 0.407 e. The van der Waals surface area contributed by atoms with Gasteiger partial charge in [-0.1, -0.05) is 37.2 Å². The van der Waals surface area contributed by atoms with Crippen LogP contribution in [0.5, 0.6) is 0 Å². The second-order valence-electron chi connectivity index (χ2n) is 8.51. The van der Waals surface area contributed by atoms with E-state index in [1.165, 1.54) is 0 Å². The Morgan fingerprint density at radius 2 is 2.00 bits per heavy atom. The highest BCUT2D eigenvalue weighted by atomic mass is 35.5. The highest BCUT2D eigenvalue weighted by Gasteiger charge is 2.17. The van der Waals surface area contributed by atoms with Crippen LogP contribution in [0, 0.1) is 18.4 Å². The summed E-state index contributed by atoms with van der Waals surface area (Å²) in [5, 5.41) is 6.36. The third-order valence-corrected chi connectivity index (χ3v) is 4.63. The number of aromatic nitrogens is 3. The Kier molecular flexibility index (Phi) is 6.62. The van der Waals surface area contributed by atoms with Crippen LogP contribution in [0.15, 0.2) is 6.20 Å². The molecule has 2 N–H and O–H groups in total. The molecule has 0 aliphatic heterocycles. The molecular weight excluding hydrogens is 394 g/mol. The van der Waals surface area contributed by atoms with Gasteiger partial charge in [0.05, 0.1) is 0 Å². The number of rotatable bonds is 4. The molecule has 28 heavy (non-hydrogen) atoms. The average molecular weight is 422 g/mol. The molecule has 0 bridgehead atoms. The van der Waals surface area contributed by atoms with Gasteiger partial charge in [-0.2, -0.15) is 0 Å². The Balaban J connectivity index is 2.18. The van der Waals surface area contributed by atoms with Crippen LogP contribution < -0.4 is 10.6 Å². The number of hydrogen-bond acceptors (Lipinski definition) is 5. The van der Waals surface area contributed by atoms with Crippen molar-refractivity contribution in [3.05, 3.63) is 22.7 Å². The van der Waals surface area contributed by atoms with Crippen molar-refractivity contribution in [2.75, 3.05) is 18.4 Å². The minimum atomic E-state index is -1.58. The molecule has 2 aromatic rings. The SMILES string of the molecule is Cc1cnc2c(NCCNC(=O)OC(C)(C)C)nc(C#C[Si](C)(C)C)c(Cl)n12. The summed E-state index contributed by atoms with van der Waals surface area (Å²) in [6.07, 6.45) is 1.28. The normalized spacial score (nSPS) is 11.7. The monoisotopic (exact) mass is 421 g/mol. The van der Waals surface area contributed by atoms with Crippen LogP contribution in [0.4, 0.5) is 10.6 Å². The van der Waals surface area contributed by atoms with E-state index in [2.05, 4.69) is 51.7 Å². The lowest BCUT2D eigenvalue weighted by Gasteiger charge is -2.19. The molecule has 0 aromatic carbocycles. The number of hydrogen-bond donors (Lipinski definition) is 2. The van der Waals surface area contributed by atoms with Gasteiger partial charge in [-0.05, 0) is 27.7 Å². The molecule has 152 valence electrons. The number of carbonyl (C=O) groups is 1. The molecule has 0 saturated carbocycles. The van der Waals surface area contributed by atoms with E-state index in [9.17, 15) is 4.79 Å². The van der Waals surface area contributed by atoms with Gasteiger partial charge in [0.2, 0.25) is 0 Å². The molecule has 0 atom stereocenters. The summed E-state index contributed by atoms with van der Waals surface area (Å²) < 4.78 is 7.05. The largest absolute Gasteiger partial charge is 0.444 e. The van der Waals surface area contributed by atoms with Gasteiger partial charge < -0.3 is 15.4 Å². The quantitative estimate of drug-likeness (QED) is 0.445. The zero-order valence-electron chi connectivity index (χ0n) is 17.5. The van der Waals surface area contributed by atoms with E-state index in [0.29, 0.717) is 35.4 Å². The fourth-order valence-electron chi connectivity index (χ4n) is 2.27. The summed E-state index contributed by atoms with van der Waals surface area (Å²) in [5.74, 6) is 3.70. The van der Waals surface area contributed by atoms with Gasteiger partial charge in [0.1, 0.15) is 18.8 Å². The number of imidazole rings is 1. The average Bonchev–Trinajstić information content (AvgIpc) is 2.92. The number of amides is 1. The van der Waals surface area contributed by atoms with Crippen LogP contribution in [0.25, 0.3) is 5.65 Å². The number of nitrogens with zero attached hydrogens (tertiary/aromatic N) is 3. The predicted molar refractivity (Wildman–Crippen MR) is 116 cm³/mol. The van der Waals surface area contributed by atoms with Gasteiger partial charge in [0.25, 0.3) is 0 Å². The molecule has 0 aliphatic carbocycles. The van der Waals surface area contributed by atoms with E-state index >= 15 is 0 Å². The van der Waals surface area contributed by atoms with E-state index in [1.54, 1.807) is 6.20 Å². The summed E-state index contributed by atoms with van der Waals surface area (Å²) in [5.41, 5.74) is 4.80. The molecule has 1 amide bonds. The molecule has 2 rings (SSSR count).